The number of rotatable bonds is 6. The van der Waals surface area contributed by atoms with Gasteiger partial charge >= 0.3 is 0 Å². The van der Waals surface area contributed by atoms with Crippen molar-refractivity contribution in [3.63, 3.8) is 0 Å². The summed E-state index contributed by atoms with van der Waals surface area (Å²) in [5, 5.41) is 3.53. The number of benzene rings is 2. The summed E-state index contributed by atoms with van der Waals surface area (Å²) in [7, 11) is 0. The van der Waals surface area contributed by atoms with Crippen LogP contribution in [-0.4, -0.2) is 23.3 Å². The molecule has 0 aliphatic carbocycles. The van der Waals surface area contributed by atoms with E-state index in [2.05, 4.69) is 5.32 Å². The van der Waals surface area contributed by atoms with Gasteiger partial charge in [0, 0.05) is 18.1 Å². The zero-order valence-electron chi connectivity index (χ0n) is 15.1. The summed E-state index contributed by atoms with van der Waals surface area (Å²) in [5.41, 5.74) is 0.143. The van der Waals surface area contributed by atoms with E-state index in [1.54, 1.807) is 36.9 Å². The van der Waals surface area contributed by atoms with Gasteiger partial charge in [0.25, 0.3) is 0 Å². The third-order valence-corrected chi connectivity index (χ3v) is 4.73. The minimum absolute atomic E-state index is 0.250. The molecule has 26 heavy (non-hydrogen) atoms. The minimum Gasteiger partial charge on any atom is -0.338 e. The minimum atomic E-state index is -1.25. The van der Waals surface area contributed by atoms with Crippen LogP contribution in [0.15, 0.2) is 48.5 Å². The Balaban J connectivity index is 2.16. The molecule has 6 heteroatoms. The van der Waals surface area contributed by atoms with Gasteiger partial charge in [0.2, 0.25) is 11.8 Å². The van der Waals surface area contributed by atoms with Gasteiger partial charge in [0.15, 0.2) is 0 Å². The third-order valence-electron chi connectivity index (χ3n) is 4.16. The number of hydrogen-bond donors (Lipinski definition) is 1. The predicted molar refractivity (Wildman–Crippen MR) is 106 cm³/mol. The average Bonchev–Trinajstić information content (AvgIpc) is 2.62. The Hall–Kier alpha value is -2.04. The van der Waals surface area contributed by atoms with Gasteiger partial charge in [-0.05, 0) is 44.5 Å². The van der Waals surface area contributed by atoms with Gasteiger partial charge in [0.1, 0.15) is 5.41 Å². The molecule has 0 aliphatic rings. The zero-order chi connectivity index (χ0) is 19.3. The van der Waals surface area contributed by atoms with E-state index in [1.165, 1.54) is 0 Å². The molecule has 2 aromatic rings. The molecule has 0 fully saturated rings. The maximum absolute atomic E-state index is 13.0. The standard InChI is InChI=1S/C20H22Cl2N2O2/c1-4-24(13-14-8-6-5-7-9-14)19(26)20(2,3)18(25)23-17-12-15(21)10-11-16(17)22/h5-12H,4,13H2,1-3H3,(H,23,25). The van der Waals surface area contributed by atoms with Crippen molar-refractivity contribution in [1.82, 2.24) is 4.90 Å². The molecule has 0 heterocycles. The number of nitrogens with one attached hydrogen (secondary N) is 1. The SMILES string of the molecule is CCN(Cc1ccccc1)C(=O)C(C)(C)C(=O)Nc1cc(Cl)ccc1Cl. The summed E-state index contributed by atoms with van der Waals surface area (Å²) in [6, 6.07) is 14.5. The maximum Gasteiger partial charge on any atom is 0.239 e. The molecule has 138 valence electrons. The molecule has 0 aliphatic heterocycles. The summed E-state index contributed by atoms with van der Waals surface area (Å²) in [6.45, 7) is 6.06. The molecular formula is C20H22Cl2N2O2. The second-order valence-electron chi connectivity index (χ2n) is 6.51. The van der Waals surface area contributed by atoms with Crippen LogP contribution in [0.25, 0.3) is 0 Å². The van der Waals surface area contributed by atoms with Crippen LogP contribution in [0.2, 0.25) is 10.0 Å². The van der Waals surface area contributed by atoms with Gasteiger partial charge in [0.05, 0.1) is 10.7 Å². The van der Waals surface area contributed by atoms with Crippen molar-refractivity contribution in [2.75, 3.05) is 11.9 Å². The van der Waals surface area contributed by atoms with Crippen LogP contribution < -0.4 is 5.32 Å². The summed E-state index contributed by atoms with van der Waals surface area (Å²) in [4.78, 5) is 27.4. The van der Waals surface area contributed by atoms with E-state index in [-0.39, 0.29) is 5.91 Å². The zero-order valence-corrected chi connectivity index (χ0v) is 16.6. The van der Waals surface area contributed by atoms with Crippen molar-refractivity contribution in [3.05, 3.63) is 64.1 Å². The molecule has 0 saturated heterocycles. The molecule has 2 aromatic carbocycles. The van der Waals surface area contributed by atoms with Crippen LogP contribution in [0.1, 0.15) is 26.3 Å². The van der Waals surface area contributed by atoms with Crippen molar-refractivity contribution >= 4 is 40.7 Å². The fourth-order valence-electron chi connectivity index (χ4n) is 2.50. The molecule has 0 unspecified atom stereocenters. The van der Waals surface area contributed by atoms with Crippen molar-refractivity contribution in [1.29, 1.82) is 0 Å². The first-order valence-corrected chi connectivity index (χ1v) is 9.11. The molecule has 2 amide bonds. The first kappa shape index (κ1) is 20.3. The van der Waals surface area contributed by atoms with Crippen LogP contribution >= 0.6 is 23.2 Å². The Labute approximate surface area is 164 Å². The third kappa shape index (κ3) is 4.77. The van der Waals surface area contributed by atoms with E-state index >= 15 is 0 Å². The summed E-state index contributed by atoms with van der Waals surface area (Å²) in [5.74, 6) is -0.683. The van der Waals surface area contributed by atoms with Crippen LogP contribution in [0.3, 0.4) is 0 Å². The van der Waals surface area contributed by atoms with Gasteiger partial charge < -0.3 is 10.2 Å². The van der Waals surface area contributed by atoms with E-state index in [0.717, 1.165) is 5.56 Å². The largest absolute Gasteiger partial charge is 0.338 e. The Kier molecular flexibility index (Phi) is 6.68. The highest BCUT2D eigenvalue weighted by Crippen LogP contribution is 2.28. The number of halogens is 2. The van der Waals surface area contributed by atoms with E-state index in [1.807, 2.05) is 37.3 Å². The second kappa shape index (κ2) is 8.56. The van der Waals surface area contributed by atoms with Crippen LogP contribution in [0.5, 0.6) is 0 Å². The highest BCUT2D eigenvalue weighted by Gasteiger charge is 2.39. The Morgan fingerprint density at radius 1 is 1.08 bits per heavy atom. The first-order valence-electron chi connectivity index (χ1n) is 8.35. The number of anilines is 1. The molecule has 4 nitrogen and oxygen atoms in total. The quantitative estimate of drug-likeness (QED) is 0.702. The first-order chi connectivity index (χ1) is 12.3. The summed E-state index contributed by atoms with van der Waals surface area (Å²) < 4.78 is 0. The number of carbonyl (C=O) groups excluding carboxylic acids is 2. The lowest BCUT2D eigenvalue weighted by molar-refractivity contribution is -0.146. The van der Waals surface area contributed by atoms with E-state index in [0.29, 0.717) is 28.8 Å². The normalized spacial score (nSPS) is 11.1. The average molecular weight is 393 g/mol. The smallest absolute Gasteiger partial charge is 0.239 e. The number of carbonyl (C=O) groups is 2. The van der Waals surface area contributed by atoms with Crippen LogP contribution in [-0.2, 0) is 16.1 Å². The molecule has 0 saturated carbocycles. The Bertz CT molecular complexity index is 792. The summed E-state index contributed by atoms with van der Waals surface area (Å²) >= 11 is 12.1. The van der Waals surface area contributed by atoms with Gasteiger partial charge in [-0.1, -0.05) is 53.5 Å². The fraction of sp³-hybridized carbons (Fsp3) is 0.300. The number of amides is 2. The van der Waals surface area contributed by atoms with Gasteiger partial charge in [-0.15, -0.1) is 0 Å². The lowest BCUT2D eigenvalue weighted by atomic mass is 9.90. The molecule has 2 rings (SSSR count). The van der Waals surface area contributed by atoms with Crippen molar-refractivity contribution < 1.29 is 9.59 Å². The Morgan fingerprint density at radius 3 is 2.35 bits per heavy atom. The molecule has 0 spiro atoms. The van der Waals surface area contributed by atoms with Crippen molar-refractivity contribution in [2.45, 2.75) is 27.3 Å². The maximum atomic E-state index is 13.0. The Morgan fingerprint density at radius 2 is 1.73 bits per heavy atom. The molecule has 0 aromatic heterocycles. The predicted octanol–water partition coefficient (Wildman–Crippen LogP) is 5.01. The molecule has 0 bridgehead atoms. The lowest BCUT2D eigenvalue weighted by Gasteiger charge is -2.30. The van der Waals surface area contributed by atoms with Crippen LogP contribution in [0, 0.1) is 5.41 Å². The summed E-state index contributed by atoms with van der Waals surface area (Å²) in [6.07, 6.45) is 0. The second-order valence-corrected chi connectivity index (χ2v) is 7.35. The lowest BCUT2D eigenvalue weighted by Crippen LogP contribution is -2.47. The molecular weight excluding hydrogens is 371 g/mol. The monoisotopic (exact) mass is 392 g/mol. The van der Waals surface area contributed by atoms with Crippen molar-refractivity contribution in [2.24, 2.45) is 5.41 Å². The highest BCUT2D eigenvalue weighted by molar-refractivity contribution is 6.35. The van der Waals surface area contributed by atoms with E-state index in [9.17, 15) is 9.59 Å². The van der Waals surface area contributed by atoms with Gasteiger partial charge in [-0.2, -0.15) is 0 Å². The highest BCUT2D eigenvalue weighted by atomic mass is 35.5. The molecule has 0 radical (unpaired) electrons. The van der Waals surface area contributed by atoms with E-state index < -0.39 is 11.3 Å². The number of hydrogen-bond acceptors (Lipinski definition) is 2. The van der Waals surface area contributed by atoms with E-state index in [4.69, 9.17) is 23.2 Å². The topological polar surface area (TPSA) is 49.4 Å². The molecule has 0 atom stereocenters. The fourth-order valence-corrected chi connectivity index (χ4v) is 2.83. The van der Waals surface area contributed by atoms with Crippen LogP contribution in [0.4, 0.5) is 5.69 Å². The van der Waals surface area contributed by atoms with Gasteiger partial charge in [-0.25, -0.2) is 0 Å². The van der Waals surface area contributed by atoms with Crippen molar-refractivity contribution in [3.8, 4) is 0 Å². The number of nitrogens with zero attached hydrogens (tertiary/aromatic N) is 1. The van der Waals surface area contributed by atoms with Gasteiger partial charge in [-0.3, -0.25) is 9.59 Å². The molecule has 1 N–H and O–H groups in total.